The summed E-state index contributed by atoms with van der Waals surface area (Å²) in [6.07, 6.45) is 0. The number of aromatic nitrogens is 2. The average molecular weight is 382 g/mol. The Hall–Kier alpha value is -3.26. The quantitative estimate of drug-likeness (QED) is 0.655. The van der Waals surface area contributed by atoms with E-state index in [1.165, 1.54) is 0 Å². The molecule has 3 rings (SSSR count). The Morgan fingerprint density at radius 1 is 1.07 bits per heavy atom. The van der Waals surface area contributed by atoms with E-state index in [9.17, 15) is 9.59 Å². The molecule has 0 saturated heterocycles. The van der Waals surface area contributed by atoms with E-state index in [1.54, 1.807) is 24.3 Å². The maximum atomic E-state index is 12.1. The van der Waals surface area contributed by atoms with Crippen molar-refractivity contribution >= 4 is 28.5 Å². The van der Waals surface area contributed by atoms with Crippen LogP contribution in [-0.2, 0) is 4.79 Å². The Morgan fingerprint density at radius 3 is 2.52 bits per heavy atom. The van der Waals surface area contributed by atoms with E-state index in [4.69, 9.17) is 4.74 Å². The normalized spacial score (nSPS) is 10.3. The van der Waals surface area contributed by atoms with Crippen LogP contribution in [0.3, 0.4) is 0 Å². The van der Waals surface area contributed by atoms with Gasteiger partial charge in [0.1, 0.15) is 5.75 Å². The number of nitrogens with zero attached hydrogens (tertiary/aromatic N) is 2. The molecule has 1 heterocycles. The number of carbonyl (C=O) groups excluding carboxylic acids is 2. The van der Waals surface area contributed by atoms with Crippen molar-refractivity contribution in [3.05, 3.63) is 60.2 Å². The van der Waals surface area contributed by atoms with Crippen LogP contribution in [0.5, 0.6) is 5.75 Å². The van der Waals surface area contributed by atoms with Crippen molar-refractivity contribution in [3.63, 3.8) is 0 Å². The molecule has 2 aromatic carbocycles. The first-order valence-corrected chi connectivity index (χ1v) is 9.13. The molecule has 0 atom stereocenters. The highest BCUT2D eigenvalue weighted by Crippen LogP contribution is 2.20. The molecule has 2 N–H and O–H groups in total. The molecule has 0 bridgehead atoms. The molecule has 0 unspecified atom stereocenters. The van der Waals surface area contributed by atoms with Crippen molar-refractivity contribution in [1.29, 1.82) is 0 Å². The van der Waals surface area contributed by atoms with Crippen molar-refractivity contribution in [1.82, 2.24) is 14.7 Å². The molecule has 7 nitrogen and oxygen atoms in total. The number of amides is 2. The molecule has 1 aromatic heterocycles. The van der Waals surface area contributed by atoms with Gasteiger partial charge in [-0.05, 0) is 31.2 Å². The summed E-state index contributed by atoms with van der Waals surface area (Å²) in [5, 5.41) is 5.59. The number of ether oxygens (including phenoxy) is 1. The summed E-state index contributed by atoms with van der Waals surface area (Å²) in [6.45, 7) is 2.29. The molecule has 27 heavy (non-hydrogen) atoms. The molecule has 138 valence electrons. The van der Waals surface area contributed by atoms with Crippen molar-refractivity contribution in [2.45, 2.75) is 6.92 Å². The summed E-state index contributed by atoms with van der Waals surface area (Å²) in [7, 11) is 0. The maximum Gasteiger partial charge on any atom is 0.251 e. The first-order chi connectivity index (χ1) is 13.2. The second kappa shape index (κ2) is 8.91. The lowest BCUT2D eigenvalue weighted by molar-refractivity contribution is -0.115. The standard InChI is InChI=1S/C19H18N4O3S/c1-2-26-15-10-8-14(9-11-15)18(25)20-12-16(24)21-19-22-17(23-27-19)13-6-4-3-5-7-13/h3-11H,2,12H2,1H3,(H,20,25)(H,21,22,23,24). The summed E-state index contributed by atoms with van der Waals surface area (Å²) in [5.41, 5.74) is 1.33. The molecule has 8 heteroatoms. The van der Waals surface area contributed by atoms with E-state index in [0.29, 0.717) is 28.9 Å². The number of hydrogen-bond acceptors (Lipinski definition) is 6. The van der Waals surface area contributed by atoms with Crippen LogP contribution in [0, 0.1) is 0 Å². The SMILES string of the molecule is CCOc1ccc(C(=O)NCC(=O)Nc2nc(-c3ccccc3)ns2)cc1. The van der Waals surface area contributed by atoms with E-state index in [0.717, 1.165) is 17.1 Å². The molecule has 0 fully saturated rings. The van der Waals surface area contributed by atoms with Crippen LogP contribution in [0.25, 0.3) is 11.4 Å². The van der Waals surface area contributed by atoms with Crippen LogP contribution in [0.4, 0.5) is 5.13 Å². The summed E-state index contributed by atoms with van der Waals surface area (Å²) in [6, 6.07) is 16.2. The van der Waals surface area contributed by atoms with Gasteiger partial charge in [-0.2, -0.15) is 9.36 Å². The van der Waals surface area contributed by atoms with E-state index >= 15 is 0 Å². The van der Waals surface area contributed by atoms with Gasteiger partial charge in [-0.15, -0.1) is 0 Å². The fourth-order valence-corrected chi connectivity index (χ4v) is 2.88. The zero-order chi connectivity index (χ0) is 19.1. The van der Waals surface area contributed by atoms with Gasteiger partial charge >= 0.3 is 0 Å². The van der Waals surface area contributed by atoms with Crippen LogP contribution in [-0.4, -0.2) is 34.3 Å². The van der Waals surface area contributed by atoms with Crippen molar-refractivity contribution in [2.75, 3.05) is 18.5 Å². The van der Waals surface area contributed by atoms with Gasteiger partial charge in [0, 0.05) is 22.7 Å². The number of rotatable bonds is 7. The van der Waals surface area contributed by atoms with Gasteiger partial charge in [0.05, 0.1) is 13.2 Å². The topological polar surface area (TPSA) is 93.2 Å². The minimum absolute atomic E-state index is 0.160. The first kappa shape index (κ1) is 18.5. The van der Waals surface area contributed by atoms with Gasteiger partial charge < -0.3 is 10.1 Å². The Bertz CT molecular complexity index is 910. The highest BCUT2D eigenvalue weighted by atomic mass is 32.1. The predicted molar refractivity (Wildman–Crippen MR) is 104 cm³/mol. The molecular formula is C19H18N4O3S. The van der Waals surface area contributed by atoms with E-state index in [2.05, 4.69) is 20.0 Å². The second-order valence-electron chi connectivity index (χ2n) is 5.48. The van der Waals surface area contributed by atoms with Crippen LogP contribution in [0.1, 0.15) is 17.3 Å². The fourth-order valence-electron chi connectivity index (χ4n) is 2.27. The summed E-state index contributed by atoms with van der Waals surface area (Å²) in [4.78, 5) is 28.4. The summed E-state index contributed by atoms with van der Waals surface area (Å²) < 4.78 is 9.55. The van der Waals surface area contributed by atoms with Crippen molar-refractivity contribution in [3.8, 4) is 17.1 Å². The fraction of sp³-hybridized carbons (Fsp3) is 0.158. The number of carbonyl (C=O) groups is 2. The van der Waals surface area contributed by atoms with Gasteiger partial charge in [0.2, 0.25) is 11.0 Å². The molecule has 0 aliphatic rings. The largest absolute Gasteiger partial charge is 0.494 e. The number of nitrogens with one attached hydrogen (secondary N) is 2. The van der Waals surface area contributed by atoms with E-state index < -0.39 is 0 Å². The molecule has 0 aliphatic carbocycles. The number of benzene rings is 2. The van der Waals surface area contributed by atoms with Gasteiger partial charge in [-0.3, -0.25) is 14.9 Å². The maximum absolute atomic E-state index is 12.1. The third kappa shape index (κ3) is 5.11. The van der Waals surface area contributed by atoms with Crippen LogP contribution in [0.2, 0.25) is 0 Å². The first-order valence-electron chi connectivity index (χ1n) is 8.35. The van der Waals surface area contributed by atoms with Crippen LogP contribution < -0.4 is 15.4 Å². The number of anilines is 1. The average Bonchev–Trinajstić information content (AvgIpc) is 3.16. The predicted octanol–water partition coefficient (Wildman–Crippen LogP) is 2.97. The zero-order valence-electron chi connectivity index (χ0n) is 14.6. The Kier molecular flexibility index (Phi) is 6.11. The molecule has 0 saturated carbocycles. The lowest BCUT2D eigenvalue weighted by atomic mass is 10.2. The molecule has 0 spiro atoms. The number of hydrogen-bond donors (Lipinski definition) is 2. The Labute approximate surface area is 160 Å². The third-order valence-electron chi connectivity index (χ3n) is 3.54. The van der Waals surface area contributed by atoms with Crippen LogP contribution in [0.15, 0.2) is 54.6 Å². The van der Waals surface area contributed by atoms with Gasteiger partial charge in [0.15, 0.2) is 5.82 Å². The lowest BCUT2D eigenvalue weighted by Crippen LogP contribution is -2.32. The monoisotopic (exact) mass is 382 g/mol. The smallest absolute Gasteiger partial charge is 0.251 e. The Morgan fingerprint density at radius 2 is 1.81 bits per heavy atom. The minimum Gasteiger partial charge on any atom is -0.494 e. The Balaban J connectivity index is 1.51. The molecule has 0 aliphatic heterocycles. The van der Waals surface area contributed by atoms with Gasteiger partial charge in [-0.1, -0.05) is 30.3 Å². The molecular weight excluding hydrogens is 364 g/mol. The van der Waals surface area contributed by atoms with Crippen molar-refractivity contribution in [2.24, 2.45) is 0 Å². The zero-order valence-corrected chi connectivity index (χ0v) is 15.5. The summed E-state index contributed by atoms with van der Waals surface area (Å²) in [5.74, 6) is 0.534. The summed E-state index contributed by atoms with van der Waals surface area (Å²) >= 11 is 1.09. The lowest BCUT2D eigenvalue weighted by Gasteiger charge is -2.06. The van der Waals surface area contributed by atoms with Crippen molar-refractivity contribution < 1.29 is 14.3 Å². The van der Waals surface area contributed by atoms with E-state index in [-0.39, 0.29) is 18.4 Å². The van der Waals surface area contributed by atoms with E-state index in [1.807, 2.05) is 37.3 Å². The molecule has 2 amide bonds. The van der Waals surface area contributed by atoms with Gasteiger partial charge in [-0.25, -0.2) is 0 Å². The molecule has 0 radical (unpaired) electrons. The second-order valence-corrected chi connectivity index (χ2v) is 6.23. The van der Waals surface area contributed by atoms with Crippen LogP contribution >= 0.6 is 11.5 Å². The highest BCUT2D eigenvalue weighted by molar-refractivity contribution is 7.10. The van der Waals surface area contributed by atoms with Gasteiger partial charge in [0.25, 0.3) is 5.91 Å². The third-order valence-corrected chi connectivity index (χ3v) is 4.17. The molecule has 3 aromatic rings. The minimum atomic E-state index is -0.370. The highest BCUT2D eigenvalue weighted by Gasteiger charge is 2.11.